The first-order valence-electron chi connectivity index (χ1n) is 10.3. The normalized spacial score (nSPS) is 52.0. The third-order valence-electron chi connectivity index (χ3n) is 8.90. The number of aliphatic hydroxyl groups is 1. The van der Waals surface area contributed by atoms with Gasteiger partial charge in [0.05, 0.1) is 10.5 Å². The zero-order valence-corrected chi connectivity index (χ0v) is 18.1. The Kier molecular flexibility index (Phi) is 4.67. The largest absolute Gasteiger partial charge is 0.393 e. The van der Waals surface area contributed by atoms with Crippen LogP contribution in [0.3, 0.4) is 0 Å². The van der Waals surface area contributed by atoms with Gasteiger partial charge in [0.1, 0.15) is 5.78 Å². The average Bonchev–Trinajstić information content (AvgIpc) is 2.85. The van der Waals surface area contributed by atoms with E-state index in [1.807, 2.05) is 0 Å². The van der Waals surface area contributed by atoms with Crippen LogP contribution in [-0.4, -0.2) is 21.4 Å². The Hall–Kier alpha value is 0.100. The van der Waals surface area contributed by atoms with Crippen molar-refractivity contribution in [2.75, 3.05) is 4.43 Å². The number of hydrogen-bond donors (Lipinski definition) is 1. The highest BCUT2D eigenvalue weighted by atomic mass is 127. The van der Waals surface area contributed by atoms with Crippen LogP contribution in [0.25, 0.3) is 0 Å². The summed E-state index contributed by atoms with van der Waals surface area (Å²) in [4.78, 5) is 12.7. The van der Waals surface area contributed by atoms with Gasteiger partial charge in [0.15, 0.2) is 0 Å². The first kappa shape index (κ1) is 18.5. The maximum absolute atomic E-state index is 12.7. The van der Waals surface area contributed by atoms with E-state index in [-0.39, 0.29) is 17.4 Å². The summed E-state index contributed by atoms with van der Waals surface area (Å²) in [6, 6.07) is 0. The maximum atomic E-state index is 12.7. The van der Waals surface area contributed by atoms with Crippen LogP contribution in [0.4, 0.5) is 0 Å². The van der Waals surface area contributed by atoms with Crippen molar-refractivity contribution < 1.29 is 9.90 Å². The Bertz CT molecular complexity index is 599. The molecule has 3 saturated carbocycles. The van der Waals surface area contributed by atoms with E-state index in [1.54, 1.807) is 5.57 Å². The fourth-order valence-electron chi connectivity index (χ4n) is 7.77. The monoisotopic (exact) mass is 456 g/mol. The minimum Gasteiger partial charge on any atom is -0.393 e. The number of ketones is 1. The Balaban J connectivity index is 1.67. The zero-order chi connectivity index (χ0) is 18.0. The number of allylic oxidation sites excluding steroid dienone is 1. The average molecular weight is 456 g/mol. The standard InChI is InChI=1S/C22H33IO2/c1-13-10-18-16-5-4-14-11-15(24)6-8-21(14,2)17(16)7-9-22(18,3)20(13)19(25)12-23/h4,13,15-18,20,24H,5-12H2,1-3H3/t13-,15?,16?,17?,18?,20-,21+,22+/m1/s1. The van der Waals surface area contributed by atoms with Gasteiger partial charge < -0.3 is 5.11 Å². The fourth-order valence-corrected chi connectivity index (χ4v) is 8.25. The van der Waals surface area contributed by atoms with Gasteiger partial charge >= 0.3 is 0 Å². The minimum atomic E-state index is -0.123. The van der Waals surface area contributed by atoms with Crippen molar-refractivity contribution in [3.05, 3.63) is 11.6 Å². The van der Waals surface area contributed by atoms with E-state index < -0.39 is 0 Å². The van der Waals surface area contributed by atoms with Gasteiger partial charge in [0.25, 0.3) is 0 Å². The van der Waals surface area contributed by atoms with Gasteiger partial charge in [-0.3, -0.25) is 4.79 Å². The molecule has 0 aromatic carbocycles. The molecule has 0 heterocycles. The van der Waals surface area contributed by atoms with E-state index in [4.69, 9.17) is 0 Å². The molecular weight excluding hydrogens is 423 g/mol. The molecule has 0 aromatic rings. The van der Waals surface area contributed by atoms with Gasteiger partial charge in [-0.1, -0.05) is 55.0 Å². The second-order valence-electron chi connectivity index (χ2n) is 9.99. The van der Waals surface area contributed by atoms with Gasteiger partial charge in [-0.2, -0.15) is 0 Å². The van der Waals surface area contributed by atoms with Crippen LogP contribution in [0.1, 0.15) is 65.7 Å². The second kappa shape index (κ2) is 6.32. The highest BCUT2D eigenvalue weighted by Crippen LogP contribution is 2.67. The molecule has 140 valence electrons. The van der Waals surface area contributed by atoms with E-state index >= 15 is 0 Å². The van der Waals surface area contributed by atoms with Crippen LogP contribution in [-0.2, 0) is 4.79 Å². The molecule has 0 aliphatic heterocycles. The first-order chi connectivity index (χ1) is 11.8. The highest BCUT2D eigenvalue weighted by molar-refractivity contribution is 14.1. The molecule has 1 N–H and O–H groups in total. The summed E-state index contributed by atoms with van der Waals surface area (Å²) in [5, 5.41) is 10.1. The molecule has 4 aliphatic rings. The predicted octanol–water partition coefficient (Wildman–Crippen LogP) is 5.18. The summed E-state index contributed by atoms with van der Waals surface area (Å²) in [6.45, 7) is 7.25. The number of carbonyl (C=O) groups is 1. The molecule has 3 heteroatoms. The second-order valence-corrected chi connectivity index (χ2v) is 10.8. The van der Waals surface area contributed by atoms with Crippen LogP contribution >= 0.6 is 22.6 Å². The van der Waals surface area contributed by atoms with Crippen LogP contribution in [0.5, 0.6) is 0 Å². The van der Waals surface area contributed by atoms with Crippen molar-refractivity contribution in [2.45, 2.75) is 71.8 Å². The molecule has 8 atom stereocenters. The van der Waals surface area contributed by atoms with Crippen molar-refractivity contribution in [3.8, 4) is 0 Å². The van der Waals surface area contributed by atoms with Crippen molar-refractivity contribution >= 4 is 28.4 Å². The summed E-state index contributed by atoms with van der Waals surface area (Å²) >= 11 is 2.27. The quantitative estimate of drug-likeness (QED) is 0.353. The summed E-state index contributed by atoms with van der Waals surface area (Å²) < 4.78 is 0.669. The van der Waals surface area contributed by atoms with Crippen molar-refractivity contribution in [2.24, 2.45) is 40.4 Å². The molecule has 4 rings (SSSR count). The SMILES string of the molecule is C[C@@H]1CC2C3CC=C4CC(O)CC[C@]4(C)C3CC[C@]2(C)[C@H]1C(=O)CI. The lowest BCUT2D eigenvalue weighted by Gasteiger charge is -2.57. The number of halogens is 1. The molecule has 0 spiro atoms. The maximum Gasteiger partial charge on any atom is 0.146 e. The topological polar surface area (TPSA) is 37.3 Å². The van der Waals surface area contributed by atoms with E-state index in [1.165, 1.54) is 25.7 Å². The van der Waals surface area contributed by atoms with Crippen LogP contribution < -0.4 is 0 Å². The van der Waals surface area contributed by atoms with Crippen molar-refractivity contribution in [1.29, 1.82) is 0 Å². The molecule has 0 radical (unpaired) electrons. The molecule has 0 aromatic heterocycles. The molecule has 0 bridgehead atoms. The van der Waals surface area contributed by atoms with Crippen molar-refractivity contribution in [1.82, 2.24) is 0 Å². The predicted molar refractivity (Wildman–Crippen MR) is 110 cm³/mol. The van der Waals surface area contributed by atoms with E-state index in [0.717, 1.165) is 31.1 Å². The smallest absolute Gasteiger partial charge is 0.146 e. The van der Waals surface area contributed by atoms with Gasteiger partial charge in [-0.05, 0) is 79.4 Å². The zero-order valence-electron chi connectivity index (χ0n) is 15.9. The molecule has 2 nitrogen and oxygen atoms in total. The highest BCUT2D eigenvalue weighted by Gasteiger charge is 2.61. The number of alkyl halides is 1. The van der Waals surface area contributed by atoms with E-state index in [0.29, 0.717) is 27.5 Å². The van der Waals surface area contributed by atoms with Gasteiger partial charge in [0.2, 0.25) is 0 Å². The van der Waals surface area contributed by atoms with Gasteiger partial charge in [0, 0.05) is 5.92 Å². The Labute approximate surface area is 166 Å². The Morgan fingerprint density at radius 3 is 2.76 bits per heavy atom. The summed E-state index contributed by atoms with van der Waals surface area (Å²) in [6.07, 6.45) is 10.3. The number of Topliss-reactive ketones (excluding diaryl/α,β-unsaturated/α-hetero) is 1. The molecule has 4 unspecified atom stereocenters. The minimum absolute atomic E-state index is 0.123. The number of carbonyl (C=O) groups excluding carboxylic acids is 1. The lowest BCUT2D eigenvalue weighted by Crippen LogP contribution is -2.51. The third-order valence-corrected chi connectivity index (χ3v) is 9.65. The molecular formula is C22H33IO2. The van der Waals surface area contributed by atoms with E-state index in [9.17, 15) is 9.90 Å². The first-order valence-corrected chi connectivity index (χ1v) is 11.8. The van der Waals surface area contributed by atoms with E-state index in [2.05, 4.69) is 49.4 Å². The lowest BCUT2D eigenvalue weighted by atomic mass is 9.47. The number of rotatable bonds is 2. The molecule has 3 fully saturated rings. The summed E-state index contributed by atoms with van der Waals surface area (Å²) in [5.74, 6) is 3.54. The fraction of sp³-hybridized carbons (Fsp3) is 0.864. The molecule has 25 heavy (non-hydrogen) atoms. The van der Waals surface area contributed by atoms with Gasteiger partial charge in [-0.15, -0.1) is 0 Å². The lowest BCUT2D eigenvalue weighted by molar-refractivity contribution is -0.128. The van der Waals surface area contributed by atoms with Crippen LogP contribution in [0.2, 0.25) is 0 Å². The summed E-state index contributed by atoms with van der Waals surface area (Å²) in [5.41, 5.74) is 2.07. The summed E-state index contributed by atoms with van der Waals surface area (Å²) in [7, 11) is 0. The Morgan fingerprint density at radius 2 is 2.04 bits per heavy atom. The van der Waals surface area contributed by atoms with Crippen LogP contribution in [0.15, 0.2) is 11.6 Å². The third kappa shape index (κ3) is 2.61. The van der Waals surface area contributed by atoms with Gasteiger partial charge in [-0.25, -0.2) is 0 Å². The number of hydrogen-bond acceptors (Lipinski definition) is 2. The Morgan fingerprint density at radius 1 is 1.28 bits per heavy atom. The van der Waals surface area contributed by atoms with Crippen molar-refractivity contribution in [3.63, 3.8) is 0 Å². The molecule has 0 amide bonds. The number of aliphatic hydroxyl groups excluding tert-OH is 1. The number of fused-ring (bicyclic) bond motifs is 5. The molecule has 4 aliphatic carbocycles. The van der Waals surface area contributed by atoms with Crippen LogP contribution in [0, 0.1) is 40.4 Å². The molecule has 0 saturated heterocycles.